The largest absolute Gasteiger partial charge is 0.322 e. The van der Waals surface area contributed by atoms with Crippen LogP contribution in [0.25, 0.3) is 11.3 Å². The number of benzene rings is 4. The number of nitrogens with one attached hydrogen (secondary N) is 2. The van der Waals surface area contributed by atoms with Crippen LogP contribution in [-0.4, -0.2) is 16.8 Å². The van der Waals surface area contributed by atoms with Gasteiger partial charge in [0.2, 0.25) is 5.91 Å². The van der Waals surface area contributed by atoms with Gasteiger partial charge in [0.25, 0.3) is 5.91 Å². The Bertz CT molecular complexity index is 1660. The molecular weight excluding hydrogens is 581 g/mol. The second-order valence-electron chi connectivity index (χ2n) is 8.91. The maximum atomic E-state index is 13.5. The number of anilines is 2. The number of amides is 2. The number of nitrogens with zero attached hydrogens (tertiary/aromatic N) is 1. The van der Waals surface area contributed by atoms with Crippen LogP contribution < -0.4 is 10.6 Å². The molecule has 0 saturated carbocycles. The van der Waals surface area contributed by atoms with E-state index in [9.17, 15) is 9.59 Å². The third kappa shape index (κ3) is 6.92. The molecular formula is C31H23Cl2N3O2S2. The molecule has 0 fully saturated rings. The van der Waals surface area contributed by atoms with E-state index in [1.54, 1.807) is 24.3 Å². The van der Waals surface area contributed by atoms with Gasteiger partial charge in [-0.25, -0.2) is 4.98 Å². The molecule has 0 bridgehead atoms. The fourth-order valence-corrected chi connectivity index (χ4v) is 6.21. The first-order chi connectivity index (χ1) is 19.4. The van der Waals surface area contributed by atoms with Crippen molar-refractivity contribution >= 4 is 68.9 Å². The van der Waals surface area contributed by atoms with Crippen molar-refractivity contribution in [2.45, 2.75) is 17.1 Å². The van der Waals surface area contributed by atoms with Crippen molar-refractivity contribution in [2.24, 2.45) is 0 Å². The van der Waals surface area contributed by atoms with Crippen LogP contribution in [0.5, 0.6) is 0 Å². The Kier molecular flexibility index (Phi) is 8.87. The number of carbonyl (C=O) groups is 2. The first kappa shape index (κ1) is 27.9. The number of aryl methyl sites for hydroxylation is 1. The molecule has 5 rings (SSSR count). The lowest BCUT2D eigenvalue weighted by atomic mass is 10.1. The lowest BCUT2D eigenvalue weighted by Gasteiger charge is -2.16. The summed E-state index contributed by atoms with van der Waals surface area (Å²) in [6.45, 7) is 1.95. The van der Waals surface area contributed by atoms with E-state index in [0.717, 1.165) is 21.6 Å². The third-order valence-corrected chi connectivity index (χ3v) is 8.50. The summed E-state index contributed by atoms with van der Waals surface area (Å²) in [6.07, 6.45) is 0. The molecule has 1 unspecified atom stereocenters. The molecule has 1 atom stereocenters. The van der Waals surface area contributed by atoms with Crippen molar-refractivity contribution in [3.05, 3.63) is 129 Å². The molecule has 9 heteroatoms. The van der Waals surface area contributed by atoms with Gasteiger partial charge in [-0.3, -0.25) is 9.59 Å². The van der Waals surface area contributed by atoms with E-state index >= 15 is 0 Å². The Morgan fingerprint density at radius 1 is 0.875 bits per heavy atom. The zero-order valence-electron chi connectivity index (χ0n) is 21.2. The zero-order chi connectivity index (χ0) is 28.1. The van der Waals surface area contributed by atoms with Crippen LogP contribution in [0.4, 0.5) is 10.8 Å². The number of hydrogen-bond donors (Lipinski definition) is 2. The molecule has 0 spiro atoms. The highest BCUT2D eigenvalue weighted by molar-refractivity contribution is 8.00. The van der Waals surface area contributed by atoms with E-state index in [0.29, 0.717) is 32.1 Å². The van der Waals surface area contributed by atoms with E-state index in [4.69, 9.17) is 23.2 Å². The Hall–Kier alpha value is -3.62. The van der Waals surface area contributed by atoms with E-state index < -0.39 is 5.25 Å². The summed E-state index contributed by atoms with van der Waals surface area (Å²) < 4.78 is 0. The Morgan fingerprint density at radius 2 is 1.65 bits per heavy atom. The summed E-state index contributed by atoms with van der Waals surface area (Å²) in [5.41, 5.74) is 4.56. The second kappa shape index (κ2) is 12.7. The van der Waals surface area contributed by atoms with Crippen LogP contribution in [0, 0.1) is 6.92 Å². The number of halogens is 2. The van der Waals surface area contributed by atoms with Crippen LogP contribution in [0.2, 0.25) is 10.0 Å². The average Bonchev–Trinajstić information content (AvgIpc) is 3.41. The number of rotatable bonds is 8. The molecule has 0 saturated heterocycles. The van der Waals surface area contributed by atoms with Crippen LogP contribution in [0.15, 0.2) is 107 Å². The van der Waals surface area contributed by atoms with Gasteiger partial charge in [0.15, 0.2) is 5.13 Å². The molecule has 5 nitrogen and oxygen atoms in total. The van der Waals surface area contributed by atoms with Crippen molar-refractivity contribution < 1.29 is 9.59 Å². The number of carbonyl (C=O) groups excluding carboxylic acids is 2. The normalized spacial score (nSPS) is 11.6. The quantitative estimate of drug-likeness (QED) is 0.173. The highest BCUT2D eigenvalue weighted by atomic mass is 35.5. The summed E-state index contributed by atoms with van der Waals surface area (Å²) in [5.74, 6) is -0.371. The number of thioether (sulfide) groups is 1. The van der Waals surface area contributed by atoms with Gasteiger partial charge in [-0.15, -0.1) is 23.1 Å². The molecule has 40 heavy (non-hydrogen) atoms. The van der Waals surface area contributed by atoms with Gasteiger partial charge in [0.1, 0.15) is 5.25 Å². The minimum absolute atomic E-state index is 0.173. The van der Waals surface area contributed by atoms with E-state index in [1.807, 2.05) is 85.1 Å². The van der Waals surface area contributed by atoms with Gasteiger partial charge < -0.3 is 10.6 Å². The van der Waals surface area contributed by atoms with Crippen LogP contribution in [0.1, 0.15) is 26.7 Å². The van der Waals surface area contributed by atoms with Gasteiger partial charge in [-0.2, -0.15) is 0 Å². The van der Waals surface area contributed by atoms with E-state index in [2.05, 4.69) is 15.6 Å². The third-order valence-electron chi connectivity index (χ3n) is 5.93. The fraction of sp³-hybridized carbons (Fsp3) is 0.0645. The summed E-state index contributed by atoms with van der Waals surface area (Å²) in [4.78, 5) is 31.6. The summed E-state index contributed by atoms with van der Waals surface area (Å²) in [7, 11) is 0. The SMILES string of the molecule is Cc1cccc(C(=O)Nc2ccc(SC(C(=O)Nc3nc(-c4ccc(Cl)cc4Cl)cs3)c3ccccc3)cc2)c1. The van der Waals surface area contributed by atoms with E-state index in [1.165, 1.54) is 23.1 Å². The van der Waals surface area contributed by atoms with Crippen LogP contribution in [0.3, 0.4) is 0 Å². The van der Waals surface area contributed by atoms with Gasteiger partial charge in [-0.05, 0) is 67.1 Å². The van der Waals surface area contributed by atoms with Crippen molar-refractivity contribution in [3.63, 3.8) is 0 Å². The molecule has 2 amide bonds. The predicted molar refractivity (Wildman–Crippen MR) is 167 cm³/mol. The van der Waals surface area contributed by atoms with Crippen molar-refractivity contribution in [1.82, 2.24) is 4.98 Å². The molecule has 5 aromatic rings. The van der Waals surface area contributed by atoms with Gasteiger partial charge >= 0.3 is 0 Å². The number of thiazole rings is 1. The Labute approximate surface area is 250 Å². The Balaban J connectivity index is 1.30. The zero-order valence-corrected chi connectivity index (χ0v) is 24.4. The Morgan fingerprint density at radius 3 is 2.38 bits per heavy atom. The monoisotopic (exact) mass is 603 g/mol. The molecule has 0 aliphatic rings. The van der Waals surface area contributed by atoms with Crippen LogP contribution in [-0.2, 0) is 4.79 Å². The van der Waals surface area contributed by atoms with Gasteiger partial charge in [0.05, 0.1) is 10.7 Å². The molecule has 200 valence electrons. The van der Waals surface area contributed by atoms with Gasteiger partial charge in [0, 0.05) is 32.1 Å². The van der Waals surface area contributed by atoms with Gasteiger partial charge in [-0.1, -0.05) is 71.2 Å². The maximum absolute atomic E-state index is 13.5. The summed E-state index contributed by atoms with van der Waals surface area (Å²) >= 11 is 15.1. The first-order valence-electron chi connectivity index (χ1n) is 12.3. The molecule has 4 aromatic carbocycles. The molecule has 1 aromatic heterocycles. The average molecular weight is 605 g/mol. The highest BCUT2D eigenvalue weighted by Gasteiger charge is 2.23. The number of aromatic nitrogens is 1. The standard InChI is InChI=1S/C31H23Cl2N3O2S2/c1-19-6-5-9-21(16-19)29(37)34-23-11-13-24(14-12-23)40-28(20-7-3-2-4-8-20)30(38)36-31-35-27(18-39-31)25-15-10-22(32)17-26(25)33/h2-18,28H,1H3,(H,34,37)(H,35,36,38). The van der Waals surface area contributed by atoms with Crippen molar-refractivity contribution in [3.8, 4) is 11.3 Å². The maximum Gasteiger partial charge on any atom is 0.255 e. The lowest BCUT2D eigenvalue weighted by molar-refractivity contribution is -0.115. The molecule has 1 heterocycles. The summed E-state index contributed by atoms with van der Waals surface area (Å²) in [6, 6.07) is 29.7. The van der Waals surface area contributed by atoms with Crippen LogP contribution >= 0.6 is 46.3 Å². The molecule has 0 aliphatic heterocycles. The minimum atomic E-state index is -0.527. The highest BCUT2D eigenvalue weighted by Crippen LogP contribution is 2.38. The fourth-order valence-electron chi connectivity index (χ4n) is 3.97. The molecule has 0 aliphatic carbocycles. The lowest BCUT2D eigenvalue weighted by Crippen LogP contribution is -2.19. The number of hydrogen-bond acceptors (Lipinski definition) is 5. The van der Waals surface area contributed by atoms with Crippen molar-refractivity contribution in [2.75, 3.05) is 10.6 Å². The topological polar surface area (TPSA) is 71.1 Å². The van der Waals surface area contributed by atoms with Crippen molar-refractivity contribution in [1.29, 1.82) is 0 Å². The smallest absolute Gasteiger partial charge is 0.255 e. The molecule has 0 radical (unpaired) electrons. The first-order valence-corrected chi connectivity index (χ1v) is 14.8. The van der Waals surface area contributed by atoms with E-state index in [-0.39, 0.29) is 11.8 Å². The minimum Gasteiger partial charge on any atom is -0.322 e. The summed E-state index contributed by atoms with van der Waals surface area (Å²) in [5, 5.41) is 8.72. The molecule has 2 N–H and O–H groups in total. The second-order valence-corrected chi connectivity index (χ2v) is 11.8. The predicted octanol–water partition coefficient (Wildman–Crippen LogP) is 9.15.